The van der Waals surface area contributed by atoms with Crippen LogP contribution in [0.15, 0.2) is 36.4 Å². The van der Waals surface area contributed by atoms with Crippen LogP contribution in [0.3, 0.4) is 0 Å². The zero-order valence-electron chi connectivity index (χ0n) is 11.7. The third-order valence-corrected chi connectivity index (χ3v) is 3.04. The number of para-hydroxylation sites is 1. The van der Waals surface area contributed by atoms with Gasteiger partial charge in [-0.05, 0) is 30.3 Å². The summed E-state index contributed by atoms with van der Waals surface area (Å²) < 4.78 is 44.8. The van der Waals surface area contributed by atoms with Crippen LogP contribution in [0.25, 0.3) is 0 Å². The molecule has 2 rings (SSSR count). The van der Waals surface area contributed by atoms with E-state index in [2.05, 4.69) is 10.6 Å². The molecular weight excluding hydrogens is 333 g/mol. The van der Waals surface area contributed by atoms with Crippen molar-refractivity contribution in [3.8, 4) is 5.75 Å². The highest BCUT2D eigenvalue weighted by atomic mass is 35.5. The Hall–Kier alpha value is -2.41. The predicted molar refractivity (Wildman–Crippen MR) is 80.3 cm³/mol. The van der Waals surface area contributed by atoms with Crippen LogP contribution in [0.5, 0.6) is 5.75 Å². The number of ether oxygens (including phenoxy) is 1. The number of urea groups is 1. The fourth-order valence-corrected chi connectivity index (χ4v) is 1.91. The molecule has 2 aromatic rings. The number of nitrogens with one attached hydrogen (secondary N) is 2. The lowest BCUT2D eigenvalue weighted by molar-refractivity contribution is 0.247. The van der Waals surface area contributed by atoms with Gasteiger partial charge in [0.2, 0.25) is 0 Å². The average Bonchev–Trinajstić information content (AvgIpc) is 2.49. The summed E-state index contributed by atoms with van der Waals surface area (Å²) >= 11 is 5.77. The molecule has 2 aromatic carbocycles. The minimum Gasteiger partial charge on any atom is -0.490 e. The number of amides is 2. The summed E-state index contributed by atoms with van der Waals surface area (Å²) in [6, 6.07) is 6.08. The van der Waals surface area contributed by atoms with E-state index in [4.69, 9.17) is 16.3 Å². The molecule has 0 atom stereocenters. The third-order valence-electron chi connectivity index (χ3n) is 2.74. The Morgan fingerprint density at radius 1 is 1.13 bits per heavy atom. The van der Waals surface area contributed by atoms with Crippen LogP contribution in [0.4, 0.5) is 23.7 Å². The number of hydrogen-bond acceptors (Lipinski definition) is 2. The Labute approximate surface area is 135 Å². The number of rotatable bonds is 5. The molecule has 0 bridgehead atoms. The van der Waals surface area contributed by atoms with Crippen molar-refractivity contribution in [2.24, 2.45) is 0 Å². The van der Waals surface area contributed by atoms with Crippen molar-refractivity contribution in [2.45, 2.75) is 0 Å². The van der Waals surface area contributed by atoms with Gasteiger partial charge >= 0.3 is 6.03 Å². The van der Waals surface area contributed by atoms with Gasteiger partial charge in [0, 0.05) is 0 Å². The number of carbonyl (C=O) groups is 1. The van der Waals surface area contributed by atoms with Crippen LogP contribution in [-0.2, 0) is 0 Å². The molecule has 0 saturated carbocycles. The number of halogens is 4. The van der Waals surface area contributed by atoms with Gasteiger partial charge in [0.25, 0.3) is 0 Å². The Morgan fingerprint density at radius 2 is 1.83 bits per heavy atom. The van der Waals surface area contributed by atoms with Gasteiger partial charge in [-0.3, -0.25) is 0 Å². The van der Waals surface area contributed by atoms with Gasteiger partial charge in [-0.15, -0.1) is 0 Å². The van der Waals surface area contributed by atoms with Crippen molar-refractivity contribution in [2.75, 3.05) is 18.5 Å². The quantitative estimate of drug-likeness (QED) is 0.807. The SMILES string of the molecule is O=C(NCCOc1ccc(F)cc1Cl)Nc1c(F)cccc1F. The molecule has 23 heavy (non-hydrogen) atoms. The zero-order valence-corrected chi connectivity index (χ0v) is 12.5. The van der Waals surface area contributed by atoms with Crippen molar-refractivity contribution in [1.82, 2.24) is 5.32 Å². The first-order valence-corrected chi connectivity index (χ1v) is 6.92. The summed E-state index contributed by atoms with van der Waals surface area (Å²) in [5, 5.41) is 4.53. The number of benzene rings is 2. The van der Waals surface area contributed by atoms with Gasteiger partial charge in [-0.25, -0.2) is 18.0 Å². The van der Waals surface area contributed by atoms with E-state index >= 15 is 0 Å². The zero-order chi connectivity index (χ0) is 16.8. The number of carbonyl (C=O) groups excluding carboxylic acids is 1. The first kappa shape index (κ1) is 17.0. The van der Waals surface area contributed by atoms with Gasteiger partial charge in [0.05, 0.1) is 11.6 Å². The molecular formula is C15H12ClF3N2O2. The van der Waals surface area contributed by atoms with Crippen molar-refractivity contribution < 1.29 is 22.7 Å². The largest absolute Gasteiger partial charge is 0.490 e. The van der Waals surface area contributed by atoms with Gasteiger partial charge in [-0.2, -0.15) is 0 Å². The van der Waals surface area contributed by atoms with E-state index in [0.29, 0.717) is 0 Å². The van der Waals surface area contributed by atoms with E-state index in [-0.39, 0.29) is 23.9 Å². The van der Waals surface area contributed by atoms with E-state index in [1.165, 1.54) is 18.2 Å². The lowest BCUT2D eigenvalue weighted by Crippen LogP contribution is -2.32. The topological polar surface area (TPSA) is 50.4 Å². The molecule has 4 nitrogen and oxygen atoms in total. The summed E-state index contributed by atoms with van der Waals surface area (Å²) in [6.45, 7) is 0.0914. The van der Waals surface area contributed by atoms with Crippen LogP contribution in [-0.4, -0.2) is 19.2 Å². The molecule has 0 fully saturated rings. The molecule has 8 heteroatoms. The standard InChI is InChI=1S/C15H12ClF3N2O2/c16-10-8-9(17)4-5-13(10)23-7-6-20-15(22)21-14-11(18)2-1-3-12(14)19/h1-5,8H,6-7H2,(H2,20,21,22). The molecule has 2 amide bonds. The second-order valence-corrected chi connectivity index (χ2v) is 4.81. The molecule has 0 aromatic heterocycles. The van der Waals surface area contributed by atoms with Gasteiger partial charge in [-0.1, -0.05) is 17.7 Å². The van der Waals surface area contributed by atoms with E-state index in [1.54, 1.807) is 0 Å². The van der Waals surface area contributed by atoms with Gasteiger partial charge < -0.3 is 15.4 Å². The maximum atomic E-state index is 13.3. The Kier molecular flexibility index (Phi) is 5.70. The Bertz CT molecular complexity index is 693. The maximum Gasteiger partial charge on any atom is 0.319 e. The highest BCUT2D eigenvalue weighted by Crippen LogP contribution is 2.24. The predicted octanol–water partition coefficient (Wildman–Crippen LogP) is 3.96. The summed E-state index contributed by atoms with van der Waals surface area (Å²) in [7, 11) is 0. The third kappa shape index (κ3) is 4.79. The lowest BCUT2D eigenvalue weighted by Gasteiger charge is -2.11. The minimum atomic E-state index is -0.880. The monoisotopic (exact) mass is 344 g/mol. The van der Waals surface area contributed by atoms with Gasteiger partial charge in [0.1, 0.15) is 35.5 Å². The Balaban J connectivity index is 1.79. The highest BCUT2D eigenvalue weighted by Gasteiger charge is 2.11. The van der Waals surface area contributed by atoms with E-state index in [0.717, 1.165) is 18.2 Å². The molecule has 0 spiro atoms. The molecule has 0 aliphatic carbocycles. The summed E-state index contributed by atoms with van der Waals surface area (Å²) in [6.07, 6.45) is 0. The fourth-order valence-electron chi connectivity index (χ4n) is 1.69. The molecule has 0 heterocycles. The first-order valence-electron chi connectivity index (χ1n) is 6.54. The number of hydrogen-bond donors (Lipinski definition) is 2. The average molecular weight is 345 g/mol. The molecule has 0 unspecified atom stereocenters. The maximum absolute atomic E-state index is 13.3. The second-order valence-electron chi connectivity index (χ2n) is 4.40. The smallest absolute Gasteiger partial charge is 0.319 e. The fraction of sp³-hybridized carbons (Fsp3) is 0.133. The first-order chi connectivity index (χ1) is 11.0. The van der Waals surface area contributed by atoms with Crippen molar-refractivity contribution >= 4 is 23.3 Å². The number of anilines is 1. The van der Waals surface area contributed by atoms with Gasteiger partial charge in [0.15, 0.2) is 0 Å². The van der Waals surface area contributed by atoms with Crippen LogP contribution < -0.4 is 15.4 Å². The molecule has 0 aliphatic heterocycles. The second kappa shape index (κ2) is 7.73. The normalized spacial score (nSPS) is 10.3. The summed E-state index contributed by atoms with van der Waals surface area (Å²) in [5.74, 6) is -1.99. The Morgan fingerprint density at radius 3 is 2.48 bits per heavy atom. The highest BCUT2D eigenvalue weighted by molar-refractivity contribution is 6.32. The van der Waals surface area contributed by atoms with Crippen LogP contribution >= 0.6 is 11.6 Å². The van der Waals surface area contributed by atoms with Crippen molar-refractivity contribution in [1.29, 1.82) is 0 Å². The van der Waals surface area contributed by atoms with Crippen LogP contribution in [0, 0.1) is 17.5 Å². The van der Waals surface area contributed by atoms with Crippen molar-refractivity contribution in [3.63, 3.8) is 0 Å². The molecule has 122 valence electrons. The van der Waals surface area contributed by atoms with Crippen LogP contribution in [0.1, 0.15) is 0 Å². The van der Waals surface area contributed by atoms with Crippen molar-refractivity contribution in [3.05, 3.63) is 58.9 Å². The molecule has 2 N–H and O–H groups in total. The minimum absolute atomic E-state index is 0.0402. The van der Waals surface area contributed by atoms with Crippen LogP contribution in [0.2, 0.25) is 5.02 Å². The summed E-state index contributed by atoms with van der Waals surface area (Å²) in [5.41, 5.74) is -0.535. The molecule has 0 saturated heterocycles. The van der Waals surface area contributed by atoms with E-state index in [9.17, 15) is 18.0 Å². The van der Waals surface area contributed by atoms with E-state index < -0.39 is 29.2 Å². The lowest BCUT2D eigenvalue weighted by atomic mass is 10.3. The summed E-state index contributed by atoms with van der Waals surface area (Å²) in [4.78, 5) is 11.6. The molecule has 0 aliphatic rings. The molecule has 0 radical (unpaired) electrons. The van der Waals surface area contributed by atoms with E-state index in [1.807, 2.05) is 0 Å².